The second-order valence-electron chi connectivity index (χ2n) is 4.79. The summed E-state index contributed by atoms with van der Waals surface area (Å²) >= 11 is 0. The molecule has 23 heavy (non-hydrogen) atoms. The molecular formula is C18H18N2O3. The van der Waals surface area contributed by atoms with E-state index in [2.05, 4.69) is 15.0 Å². The molecule has 0 radical (unpaired) electrons. The minimum absolute atomic E-state index is 0.419. The smallest absolute Gasteiger partial charge is 0.330 e. The average Bonchev–Trinajstić information content (AvgIpc) is 2.58. The highest BCUT2D eigenvalue weighted by Crippen LogP contribution is 2.30. The van der Waals surface area contributed by atoms with Crippen molar-refractivity contribution in [1.82, 2.24) is 0 Å². The lowest BCUT2D eigenvalue weighted by atomic mass is 10.1. The third kappa shape index (κ3) is 4.51. The molecule has 118 valence electrons. The van der Waals surface area contributed by atoms with Gasteiger partial charge in [-0.05, 0) is 36.8 Å². The van der Waals surface area contributed by atoms with E-state index in [-0.39, 0.29) is 0 Å². The fourth-order valence-corrected chi connectivity index (χ4v) is 1.93. The molecule has 2 aromatic rings. The number of esters is 1. The largest absolute Gasteiger partial charge is 0.494 e. The number of hydrogen-bond acceptors (Lipinski definition) is 5. The first-order valence-corrected chi connectivity index (χ1v) is 7.05. The van der Waals surface area contributed by atoms with Gasteiger partial charge in [0.1, 0.15) is 11.4 Å². The summed E-state index contributed by atoms with van der Waals surface area (Å²) in [5.74, 6) is 0.235. The summed E-state index contributed by atoms with van der Waals surface area (Å²) in [6, 6.07) is 13.1. The van der Waals surface area contributed by atoms with Crippen LogP contribution >= 0.6 is 0 Å². The maximum atomic E-state index is 11.2. The maximum Gasteiger partial charge on any atom is 0.330 e. The van der Waals surface area contributed by atoms with E-state index in [1.54, 1.807) is 13.2 Å². The maximum absolute atomic E-state index is 11.2. The van der Waals surface area contributed by atoms with Gasteiger partial charge in [0.05, 0.1) is 19.9 Å². The second kappa shape index (κ2) is 7.89. The van der Waals surface area contributed by atoms with Crippen LogP contribution in [0.2, 0.25) is 0 Å². The van der Waals surface area contributed by atoms with E-state index < -0.39 is 5.97 Å². The molecule has 0 amide bonds. The van der Waals surface area contributed by atoms with E-state index in [1.807, 2.05) is 49.4 Å². The molecule has 0 fully saturated rings. The SMILES string of the molecule is COC(=O)/C=C/c1ccccc1/N=N\c1cc(C)ccc1OC. The zero-order chi connectivity index (χ0) is 16.7. The second-order valence-corrected chi connectivity index (χ2v) is 4.79. The molecule has 0 atom stereocenters. The quantitative estimate of drug-likeness (QED) is 0.460. The zero-order valence-corrected chi connectivity index (χ0v) is 13.3. The number of hydrogen-bond donors (Lipinski definition) is 0. The lowest BCUT2D eigenvalue weighted by Crippen LogP contribution is -1.93. The number of azo groups is 1. The molecular weight excluding hydrogens is 292 g/mol. The molecule has 5 nitrogen and oxygen atoms in total. The van der Waals surface area contributed by atoms with Crippen molar-refractivity contribution in [3.8, 4) is 5.75 Å². The first-order chi connectivity index (χ1) is 11.1. The number of carbonyl (C=O) groups excluding carboxylic acids is 1. The van der Waals surface area contributed by atoms with Crippen LogP contribution in [0.15, 0.2) is 58.8 Å². The molecule has 0 aliphatic carbocycles. The van der Waals surface area contributed by atoms with Crippen molar-refractivity contribution in [3.05, 3.63) is 59.7 Å². The number of ether oxygens (including phenoxy) is 2. The Balaban J connectivity index is 2.32. The molecule has 0 spiro atoms. The topological polar surface area (TPSA) is 60.2 Å². The monoisotopic (exact) mass is 310 g/mol. The molecule has 0 bridgehead atoms. The number of aryl methyl sites for hydroxylation is 1. The predicted molar refractivity (Wildman–Crippen MR) is 89.4 cm³/mol. The van der Waals surface area contributed by atoms with Crippen LogP contribution in [0.3, 0.4) is 0 Å². The van der Waals surface area contributed by atoms with E-state index >= 15 is 0 Å². The van der Waals surface area contributed by atoms with Gasteiger partial charge < -0.3 is 9.47 Å². The van der Waals surface area contributed by atoms with Crippen molar-refractivity contribution in [3.63, 3.8) is 0 Å². The van der Waals surface area contributed by atoms with Gasteiger partial charge in [0.2, 0.25) is 0 Å². The van der Waals surface area contributed by atoms with E-state index in [0.29, 0.717) is 17.1 Å². The Morgan fingerprint density at radius 3 is 2.52 bits per heavy atom. The summed E-state index contributed by atoms with van der Waals surface area (Å²) in [4.78, 5) is 11.2. The predicted octanol–water partition coefficient (Wildman–Crippen LogP) is 4.61. The minimum Gasteiger partial charge on any atom is -0.494 e. The minimum atomic E-state index is -0.419. The highest BCUT2D eigenvalue weighted by Gasteiger charge is 2.03. The van der Waals surface area contributed by atoms with Gasteiger partial charge in [-0.3, -0.25) is 0 Å². The molecule has 0 unspecified atom stereocenters. The van der Waals surface area contributed by atoms with Gasteiger partial charge in [-0.2, -0.15) is 0 Å². The summed E-state index contributed by atoms with van der Waals surface area (Å²) in [5, 5.41) is 8.54. The van der Waals surface area contributed by atoms with Crippen LogP contribution in [0.4, 0.5) is 11.4 Å². The van der Waals surface area contributed by atoms with Crippen molar-refractivity contribution >= 4 is 23.4 Å². The van der Waals surface area contributed by atoms with E-state index in [1.165, 1.54) is 13.2 Å². The summed E-state index contributed by atoms with van der Waals surface area (Å²) in [6.45, 7) is 1.98. The van der Waals surface area contributed by atoms with Crippen molar-refractivity contribution in [1.29, 1.82) is 0 Å². The molecule has 0 aromatic heterocycles. The summed E-state index contributed by atoms with van der Waals surface area (Å²) in [5.41, 5.74) is 3.14. The van der Waals surface area contributed by atoms with Crippen molar-refractivity contribution in [2.75, 3.05) is 14.2 Å². The zero-order valence-electron chi connectivity index (χ0n) is 13.3. The average molecular weight is 310 g/mol. The van der Waals surface area contributed by atoms with Gasteiger partial charge in [-0.25, -0.2) is 4.79 Å². The number of methoxy groups -OCH3 is 2. The molecule has 0 heterocycles. The lowest BCUT2D eigenvalue weighted by molar-refractivity contribution is -0.134. The fourth-order valence-electron chi connectivity index (χ4n) is 1.93. The van der Waals surface area contributed by atoms with Gasteiger partial charge in [0.15, 0.2) is 0 Å². The van der Waals surface area contributed by atoms with Gasteiger partial charge in [0.25, 0.3) is 0 Å². The van der Waals surface area contributed by atoms with Crippen molar-refractivity contribution in [2.45, 2.75) is 6.92 Å². The lowest BCUT2D eigenvalue weighted by Gasteiger charge is -2.04. The van der Waals surface area contributed by atoms with Crippen LogP contribution in [0.25, 0.3) is 6.08 Å². The fraction of sp³-hybridized carbons (Fsp3) is 0.167. The highest BCUT2D eigenvalue weighted by molar-refractivity contribution is 5.88. The molecule has 0 aliphatic rings. The number of carbonyl (C=O) groups is 1. The number of nitrogens with zero attached hydrogens (tertiary/aromatic N) is 2. The first-order valence-electron chi connectivity index (χ1n) is 7.05. The van der Waals surface area contributed by atoms with Crippen LogP contribution in [-0.2, 0) is 9.53 Å². The third-order valence-electron chi connectivity index (χ3n) is 3.14. The Bertz CT molecular complexity index is 752. The Labute approximate surface area is 135 Å². The van der Waals surface area contributed by atoms with Gasteiger partial charge in [0, 0.05) is 11.6 Å². The van der Waals surface area contributed by atoms with Crippen molar-refractivity contribution in [2.24, 2.45) is 10.2 Å². The summed E-state index contributed by atoms with van der Waals surface area (Å²) in [6.07, 6.45) is 3.00. The van der Waals surface area contributed by atoms with Crippen LogP contribution in [0.1, 0.15) is 11.1 Å². The number of rotatable bonds is 5. The molecule has 0 aliphatic heterocycles. The van der Waals surface area contributed by atoms with Gasteiger partial charge in [-0.1, -0.05) is 24.3 Å². The summed E-state index contributed by atoms with van der Waals surface area (Å²) < 4.78 is 9.87. The third-order valence-corrected chi connectivity index (χ3v) is 3.14. The van der Waals surface area contributed by atoms with Crippen LogP contribution in [0, 0.1) is 6.92 Å². The van der Waals surface area contributed by atoms with E-state index in [4.69, 9.17) is 4.74 Å². The van der Waals surface area contributed by atoms with Gasteiger partial charge in [-0.15, -0.1) is 10.2 Å². The number of benzene rings is 2. The van der Waals surface area contributed by atoms with Gasteiger partial charge >= 0.3 is 5.97 Å². The molecule has 0 saturated heterocycles. The van der Waals surface area contributed by atoms with Crippen LogP contribution < -0.4 is 4.74 Å². The van der Waals surface area contributed by atoms with Crippen LogP contribution in [-0.4, -0.2) is 20.2 Å². The Morgan fingerprint density at radius 2 is 1.78 bits per heavy atom. The first kappa shape index (κ1) is 16.4. The Morgan fingerprint density at radius 1 is 1.04 bits per heavy atom. The molecule has 0 saturated carbocycles. The highest BCUT2D eigenvalue weighted by atomic mass is 16.5. The molecule has 2 rings (SSSR count). The molecule has 0 N–H and O–H groups in total. The van der Waals surface area contributed by atoms with E-state index in [9.17, 15) is 4.79 Å². The van der Waals surface area contributed by atoms with E-state index in [0.717, 1.165) is 11.1 Å². The Hall–Kier alpha value is -2.95. The van der Waals surface area contributed by atoms with Crippen molar-refractivity contribution < 1.29 is 14.3 Å². The normalized spacial score (nSPS) is 11.1. The van der Waals surface area contributed by atoms with Crippen LogP contribution in [0.5, 0.6) is 5.75 Å². The summed E-state index contributed by atoms with van der Waals surface area (Å²) in [7, 11) is 2.93. The molecule has 2 aromatic carbocycles. The Kier molecular flexibility index (Phi) is 5.63. The molecule has 5 heteroatoms. The standard InChI is InChI=1S/C18H18N2O3/c1-13-8-10-17(22-2)16(12-13)20-19-15-7-5-4-6-14(15)9-11-18(21)23-3/h4-12H,1-3H3/b11-9+,20-19-.